The van der Waals surface area contributed by atoms with E-state index < -0.39 is 34.4 Å². The smallest absolute Gasteiger partial charge is 0.462 e. The molecule has 0 amide bonds. The number of carbonyl (C=O) groups is 1. The molecule has 0 atom stereocenters. The molecule has 1 aromatic heterocycles. The summed E-state index contributed by atoms with van der Waals surface area (Å²) < 4.78 is 45.0. The summed E-state index contributed by atoms with van der Waals surface area (Å²) >= 11 is 1.50. The van der Waals surface area contributed by atoms with Crippen LogP contribution in [-0.2, 0) is 4.74 Å². The summed E-state index contributed by atoms with van der Waals surface area (Å²) in [7, 11) is 0. The Hall–Kier alpha value is -1.66. The quantitative estimate of drug-likeness (QED) is 0.331. The summed E-state index contributed by atoms with van der Waals surface area (Å²) in [4.78, 5) is 24.4. The largest absolute Gasteiger partial charge is 0.573 e. The first kappa shape index (κ1) is 16.4. The van der Waals surface area contributed by atoms with Crippen LogP contribution in [0.3, 0.4) is 0 Å². The van der Waals surface area contributed by atoms with Crippen LogP contribution < -0.4 is 4.74 Å². The lowest BCUT2D eigenvalue weighted by Crippen LogP contribution is -2.21. The topological polar surface area (TPSA) is 91.6 Å². The van der Waals surface area contributed by atoms with Crippen molar-refractivity contribution < 1.29 is 32.4 Å². The van der Waals surface area contributed by atoms with Gasteiger partial charge in [-0.1, -0.05) is 0 Å². The first-order valence-electron chi connectivity index (χ1n) is 4.93. The number of nitrogens with zero attached hydrogens (tertiary/aromatic N) is 2. The van der Waals surface area contributed by atoms with Crippen molar-refractivity contribution in [2.45, 2.75) is 13.3 Å². The van der Waals surface area contributed by atoms with Crippen molar-refractivity contribution in [2.24, 2.45) is 0 Å². The maximum absolute atomic E-state index is 12.3. The summed E-state index contributed by atoms with van der Waals surface area (Å²) in [6.45, 7) is 1.32. The third kappa shape index (κ3) is 3.91. The molecule has 1 aromatic rings. The monoisotopic (exact) mass is 406 g/mol. The van der Waals surface area contributed by atoms with Crippen LogP contribution in [0.4, 0.5) is 19.0 Å². The van der Waals surface area contributed by atoms with E-state index in [1.807, 2.05) is 0 Å². The van der Waals surface area contributed by atoms with E-state index in [9.17, 15) is 28.1 Å². The average molecular weight is 406 g/mol. The van der Waals surface area contributed by atoms with E-state index in [0.29, 0.717) is 0 Å². The van der Waals surface area contributed by atoms with Gasteiger partial charge in [0.2, 0.25) is 5.75 Å². The number of ether oxygens (including phenoxy) is 2. The van der Waals surface area contributed by atoms with E-state index in [0.717, 1.165) is 6.20 Å². The highest BCUT2D eigenvalue weighted by Gasteiger charge is 2.39. The van der Waals surface area contributed by atoms with Crippen molar-refractivity contribution in [1.29, 1.82) is 0 Å². The number of aromatic nitrogens is 1. The molecule has 0 saturated carbocycles. The van der Waals surface area contributed by atoms with Crippen LogP contribution >= 0.6 is 22.6 Å². The molecule has 0 unspecified atom stereocenters. The number of rotatable bonds is 4. The summed E-state index contributed by atoms with van der Waals surface area (Å²) in [6, 6.07) is 0. The molecule has 1 rings (SSSR count). The van der Waals surface area contributed by atoms with Gasteiger partial charge >= 0.3 is 18.1 Å². The molecule has 20 heavy (non-hydrogen) atoms. The lowest BCUT2D eigenvalue weighted by molar-refractivity contribution is -0.393. The SMILES string of the molecule is CCOC(=O)c1c(I)cnc([N+](=O)[O-])c1OC(F)(F)F. The van der Waals surface area contributed by atoms with Crippen LogP contribution in [0, 0.1) is 13.7 Å². The minimum Gasteiger partial charge on any atom is -0.462 e. The van der Waals surface area contributed by atoms with Gasteiger partial charge in [0.15, 0.2) is 6.20 Å². The Balaban J connectivity index is 3.49. The van der Waals surface area contributed by atoms with Crippen molar-refractivity contribution in [2.75, 3.05) is 6.61 Å². The van der Waals surface area contributed by atoms with E-state index in [-0.39, 0.29) is 10.2 Å². The van der Waals surface area contributed by atoms with Crippen molar-refractivity contribution in [1.82, 2.24) is 4.98 Å². The Labute approximate surface area is 123 Å². The van der Waals surface area contributed by atoms with Gasteiger partial charge in [-0.25, -0.2) is 4.79 Å². The van der Waals surface area contributed by atoms with Crippen molar-refractivity contribution in [3.05, 3.63) is 25.4 Å². The Morgan fingerprint density at radius 3 is 2.60 bits per heavy atom. The van der Waals surface area contributed by atoms with Gasteiger partial charge in [0.05, 0.1) is 10.2 Å². The van der Waals surface area contributed by atoms with Gasteiger partial charge in [0.25, 0.3) is 0 Å². The average Bonchev–Trinajstić information content (AvgIpc) is 2.26. The first-order chi connectivity index (χ1) is 9.17. The molecule has 0 bridgehead atoms. The minimum atomic E-state index is -5.21. The van der Waals surface area contributed by atoms with Crippen LogP contribution in [-0.4, -0.2) is 28.8 Å². The van der Waals surface area contributed by atoms with Gasteiger partial charge in [-0.15, -0.1) is 13.2 Å². The van der Waals surface area contributed by atoms with E-state index in [2.05, 4.69) is 14.5 Å². The Kier molecular flexibility index (Phi) is 5.08. The summed E-state index contributed by atoms with van der Waals surface area (Å²) in [5.41, 5.74) is -0.688. The van der Waals surface area contributed by atoms with Gasteiger partial charge < -0.3 is 19.6 Å². The number of alkyl halides is 3. The number of hydrogen-bond donors (Lipinski definition) is 0. The second-order valence-corrected chi connectivity index (χ2v) is 4.32. The van der Waals surface area contributed by atoms with Crippen molar-refractivity contribution >= 4 is 34.4 Å². The highest BCUT2D eigenvalue weighted by molar-refractivity contribution is 14.1. The van der Waals surface area contributed by atoms with Crippen LogP contribution in [0.15, 0.2) is 6.20 Å². The molecule has 0 fully saturated rings. The highest BCUT2D eigenvalue weighted by Crippen LogP contribution is 2.36. The molecule has 11 heteroatoms. The molecule has 0 radical (unpaired) electrons. The van der Waals surface area contributed by atoms with Gasteiger partial charge in [-0.05, 0) is 39.4 Å². The molecular weight excluding hydrogens is 400 g/mol. The van der Waals surface area contributed by atoms with E-state index in [1.54, 1.807) is 0 Å². The summed E-state index contributed by atoms with van der Waals surface area (Å²) in [5.74, 6) is -3.67. The van der Waals surface area contributed by atoms with Crippen LogP contribution in [0.25, 0.3) is 0 Å². The summed E-state index contributed by atoms with van der Waals surface area (Å²) in [5, 5.41) is 10.7. The third-order valence-corrected chi connectivity index (χ3v) is 2.66. The molecule has 0 aliphatic rings. The van der Waals surface area contributed by atoms with Gasteiger partial charge in [-0.2, -0.15) is 0 Å². The third-order valence-electron chi connectivity index (χ3n) is 1.84. The zero-order valence-electron chi connectivity index (χ0n) is 9.73. The standard InChI is InChI=1S/C9H6F3IN2O5/c1-2-19-8(16)5-4(13)3-14-7(15(17)18)6(5)20-9(10,11)12/h3H,2H2,1H3. The van der Waals surface area contributed by atoms with Crippen molar-refractivity contribution in [3.63, 3.8) is 0 Å². The number of pyridine rings is 1. The van der Waals surface area contributed by atoms with Crippen LogP contribution in [0.5, 0.6) is 5.75 Å². The second kappa shape index (κ2) is 6.19. The Morgan fingerprint density at radius 2 is 2.15 bits per heavy atom. The normalized spacial score (nSPS) is 11.1. The van der Waals surface area contributed by atoms with E-state index >= 15 is 0 Å². The number of hydrogen-bond acceptors (Lipinski definition) is 6. The van der Waals surface area contributed by atoms with Crippen molar-refractivity contribution in [3.8, 4) is 5.75 Å². The lowest BCUT2D eigenvalue weighted by Gasteiger charge is -2.12. The zero-order chi connectivity index (χ0) is 15.5. The number of nitro groups is 1. The molecule has 7 nitrogen and oxygen atoms in total. The molecule has 0 N–H and O–H groups in total. The maximum Gasteiger partial charge on any atom is 0.573 e. The lowest BCUT2D eigenvalue weighted by atomic mass is 10.2. The van der Waals surface area contributed by atoms with Crippen LogP contribution in [0.1, 0.15) is 17.3 Å². The number of halogens is 4. The van der Waals surface area contributed by atoms with E-state index in [1.165, 1.54) is 29.5 Å². The molecule has 0 aliphatic carbocycles. The fraction of sp³-hybridized carbons (Fsp3) is 0.333. The maximum atomic E-state index is 12.3. The minimum absolute atomic E-state index is 0.0640. The Morgan fingerprint density at radius 1 is 1.55 bits per heavy atom. The Bertz CT molecular complexity index is 549. The number of carbonyl (C=O) groups excluding carboxylic acids is 1. The molecular formula is C9H6F3IN2O5. The highest BCUT2D eigenvalue weighted by atomic mass is 127. The van der Waals surface area contributed by atoms with Gasteiger partial charge in [0, 0.05) is 0 Å². The van der Waals surface area contributed by atoms with Gasteiger partial charge in [0.1, 0.15) is 5.56 Å². The fourth-order valence-corrected chi connectivity index (χ4v) is 1.80. The zero-order valence-corrected chi connectivity index (χ0v) is 11.9. The molecule has 0 aliphatic heterocycles. The molecule has 1 heterocycles. The molecule has 0 spiro atoms. The predicted octanol–water partition coefficient (Wildman–Crippen LogP) is 2.67. The molecule has 0 aromatic carbocycles. The molecule has 0 saturated heterocycles. The van der Waals surface area contributed by atoms with Gasteiger partial charge in [-0.3, -0.25) is 0 Å². The molecule has 110 valence electrons. The fourth-order valence-electron chi connectivity index (χ4n) is 1.20. The first-order valence-corrected chi connectivity index (χ1v) is 6.01. The predicted molar refractivity (Wildman–Crippen MR) is 66.2 cm³/mol. The summed E-state index contributed by atoms with van der Waals surface area (Å²) in [6.07, 6.45) is -4.33. The van der Waals surface area contributed by atoms with E-state index in [4.69, 9.17) is 0 Å². The van der Waals surface area contributed by atoms with Crippen LogP contribution in [0.2, 0.25) is 0 Å². The number of esters is 1. The second-order valence-electron chi connectivity index (χ2n) is 3.16.